The molecule has 0 aliphatic heterocycles. The van der Waals surface area contributed by atoms with Gasteiger partial charge in [-0.1, -0.05) is 11.6 Å². The van der Waals surface area contributed by atoms with Crippen molar-refractivity contribution in [2.24, 2.45) is 0 Å². The summed E-state index contributed by atoms with van der Waals surface area (Å²) < 4.78 is 39.7. The third-order valence-corrected chi connectivity index (χ3v) is 5.02. The Hall–Kier alpha value is -0.720. The van der Waals surface area contributed by atoms with Crippen molar-refractivity contribution in [3.05, 3.63) is 49.1 Å². The predicted octanol–water partition coefficient (Wildman–Crippen LogP) is 6.10. The largest absolute Gasteiger partial charge is 0.418 e. The van der Waals surface area contributed by atoms with Crippen LogP contribution < -0.4 is 5.32 Å². The molecular formula is C13H10BrClF3NS. The molecule has 0 saturated carbocycles. The third kappa shape index (κ3) is 3.68. The van der Waals surface area contributed by atoms with Crippen molar-refractivity contribution in [2.45, 2.75) is 19.6 Å². The van der Waals surface area contributed by atoms with Crippen molar-refractivity contribution in [1.29, 1.82) is 0 Å². The summed E-state index contributed by atoms with van der Waals surface area (Å²) in [5.41, 5.74) is -0.721. The Morgan fingerprint density at radius 2 is 2.00 bits per heavy atom. The van der Waals surface area contributed by atoms with Crippen LogP contribution in [0, 0.1) is 6.92 Å². The molecule has 0 aliphatic carbocycles. The number of anilines is 1. The lowest BCUT2D eigenvalue weighted by molar-refractivity contribution is -0.136. The molecule has 1 nitrogen and oxygen atoms in total. The van der Waals surface area contributed by atoms with Gasteiger partial charge in [0.2, 0.25) is 0 Å². The van der Waals surface area contributed by atoms with Crippen molar-refractivity contribution in [3.8, 4) is 0 Å². The number of alkyl halides is 3. The van der Waals surface area contributed by atoms with Gasteiger partial charge in [-0.25, -0.2) is 0 Å². The van der Waals surface area contributed by atoms with Gasteiger partial charge < -0.3 is 5.32 Å². The molecule has 2 rings (SSSR count). The first-order valence-electron chi connectivity index (χ1n) is 5.63. The van der Waals surface area contributed by atoms with Gasteiger partial charge in [0, 0.05) is 31.5 Å². The lowest BCUT2D eigenvalue weighted by atomic mass is 10.1. The molecule has 0 atom stereocenters. The Balaban J connectivity index is 2.21. The minimum Gasteiger partial charge on any atom is -0.380 e. The summed E-state index contributed by atoms with van der Waals surface area (Å²) in [5, 5.41) is 2.88. The number of hydrogen-bond acceptors (Lipinski definition) is 2. The van der Waals surface area contributed by atoms with E-state index >= 15 is 0 Å². The fourth-order valence-corrected chi connectivity index (χ4v) is 3.41. The monoisotopic (exact) mass is 383 g/mol. The number of halogens is 5. The van der Waals surface area contributed by atoms with Crippen LogP contribution in [0.1, 0.15) is 15.3 Å². The number of benzene rings is 1. The minimum absolute atomic E-state index is 0.0316. The second-order valence-corrected chi connectivity index (χ2v) is 6.79. The van der Waals surface area contributed by atoms with Crippen molar-refractivity contribution >= 4 is 44.6 Å². The first-order chi connectivity index (χ1) is 9.27. The van der Waals surface area contributed by atoms with E-state index in [0.29, 0.717) is 6.54 Å². The molecular weight excluding hydrogens is 375 g/mol. The first kappa shape index (κ1) is 15.7. The molecule has 2 aromatic rings. The Morgan fingerprint density at radius 3 is 2.55 bits per heavy atom. The number of rotatable bonds is 3. The van der Waals surface area contributed by atoms with Crippen molar-refractivity contribution in [3.63, 3.8) is 0 Å². The maximum atomic E-state index is 12.9. The van der Waals surface area contributed by atoms with Gasteiger partial charge >= 0.3 is 6.18 Å². The smallest absolute Gasteiger partial charge is 0.380 e. The molecule has 108 valence electrons. The number of hydrogen-bond donors (Lipinski definition) is 1. The quantitative estimate of drug-likeness (QED) is 0.674. The Kier molecular flexibility index (Phi) is 4.66. The van der Waals surface area contributed by atoms with Gasteiger partial charge in [-0.05, 0) is 47.1 Å². The lowest BCUT2D eigenvalue weighted by Gasteiger charge is -2.14. The molecule has 1 N–H and O–H groups in total. The summed E-state index contributed by atoms with van der Waals surface area (Å²) in [5.74, 6) is 0. The van der Waals surface area contributed by atoms with E-state index in [2.05, 4.69) is 21.2 Å². The van der Waals surface area contributed by atoms with Gasteiger partial charge in [0.25, 0.3) is 0 Å². The molecule has 1 heterocycles. The maximum absolute atomic E-state index is 12.9. The van der Waals surface area contributed by atoms with Crippen molar-refractivity contribution in [2.75, 3.05) is 5.32 Å². The summed E-state index contributed by atoms with van der Waals surface area (Å²) in [6.07, 6.45) is -4.43. The van der Waals surface area contributed by atoms with Crippen LogP contribution in [-0.2, 0) is 12.7 Å². The van der Waals surface area contributed by atoms with E-state index in [1.54, 1.807) is 0 Å². The van der Waals surface area contributed by atoms with Gasteiger partial charge in [0.05, 0.1) is 5.56 Å². The van der Waals surface area contributed by atoms with E-state index in [1.165, 1.54) is 23.5 Å². The van der Waals surface area contributed by atoms with E-state index in [4.69, 9.17) is 11.6 Å². The average Bonchev–Trinajstić information content (AvgIpc) is 2.66. The summed E-state index contributed by atoms with van der Waals surface area (Å²) in [6, 6.07) is 5.62. The van der Waals surface area contributed by atoms with Crippen LogP contribution in [-0.4, -0.2) is 0 Å². The van der Waals surface area contributed by atoms with Crippen LogP contribution in [0.15, 0.2) is 28.7 Å². The number of aryl methyl sites for hydroxylation is 1. The Labute approximate surface area is 131 Å². The molecule has 0 bridgehead atoms. The molecule has 0 radical (unpaired) electrons. The van der Waals surface area contributed by atoms with Crippen LogP contribution in [0.3, 0.4) is 0 Å². The van der Waals surface area contributed by atoms with E-state index in [0.717, 1.165) is 20.3 Å². The van der Waals surface area contributed by atoms with Crippen LogP contribution >= 0.6 is 38.9 Å². The minimum atomic E-state index is -4.43. The zero-order valence-electron chi connectivity index (χ0n) is 10.3. The van der Waals surface area contributed by atoms with Crippen molar-refractivity contribution in [1.82, 2.24) is 0 Å². The lowest BCUT2D eigenvalue weighted by Crippen LogP contribution is -2.10. The van der Waals surface area contributed by atoms with E-state index < -0.39 is 11.7 Å². The third-order valence-electron chi connectivity index (χ3n) is 2.65. The van der Waals surface area contributed by atoms with Gasteiger partial charge in [0.1, 0.15) is 0 Å². The summed E-state index contributed by atoms with van der Waals surface area (Å²) >= 11 is 10.5. The molecule has 20 heavy (non-hydrogen) atoms. The van der Waals surface area contributed by atoms with Gasteiger partial charge in [-0.2, -0.15) is 13.2 Å². The molecule has 0 fully saturated rings. The molecule has 0 spiro atoms. The highest BCUT2D eigenvalue weighted by Crippen LogP contribution is 2.37. The number of nitrogens with one attached hydrogen (secondary N) is 1. The van der Waals surface area contributed by atoms with Gasteiger partial charge in [-0.15, -0.1) is 11.3 Å². The fraction of sp³-hybridized carbons (Fsp3) is 0.231. The molecule has 1 aromatic heterocycles. The molecule has 0 unspecified atom stereocenters. The van der Waals surface area contributed by atoms with Crippen LogP contribution in [0.2, 0.25) is 5.02 Å². The molecule has 0 saturated heterocycles. The van der Waals surface area contributed by atoms with Crippen LogP contribution in [0.25, 0.3) is 0 Å². The maximum Gasteiger partial charge on any atom is 0.418 e. The first-order valence-corrected chi connectivity index (χ1v) is 7.61. The van der Waals surface area contributed by atoms with E-state index in [9.17, 15) is 13.2 Å². The van der Waals surface area contributed by atoms with Crippen LogP contribution in [0.5, 0.6) is 0 Å². The average molecular weight is 385 g/mol. The van der Waals surface area contributed by atoms with Gasteiger partial charge in [0.15, 0.2) is 0 Å². The van der Waals surface area contributed by atoms with E-state index in [-0.39, 0.29) is 10.7 Å². The Bertz CT molecular complexity index is 605. The highest BCUT2D eigenvalue weighted by atomic mass is 79.9. The van der Waals surface area contributed by atoms with Crippen LogP contribution in [0.4, 0.5) is 18.9 Å². The Morgan fingerprint density at radius 1 is 1.30 bits per heavy atom. The predicted molar refractivity (Wildman–Crippen MR) is 80.5 cm³/mol. The zero-order valence-corrected chi connectivity index (χ0v) is 13.5. The standard InChI is InChI=1S/C13H10BrClF3NS/c1-7-11(14)5-9(20-7)6-19-12-3-2-8(15)4-10(12)13(16,17)18/h2-5,19H,6H2,1H3. The topological polar surface area (TPSA) is 12.0 Å². The second-order valence-electron chi connectivity index (χ2n) is 4.16. The summed E-state index contributed by atoms with van der Waals surface area (Å²) in [4.78, 5) is 2.05. The van der Waals surface area contributed by atoms with Gasteiger partial charge in [-0.3, -0.25) is 0 Å². The zero-order chi connectivity index (χ0) is 14.9. The highest BCUT2D eigenvalue weighted by Gasteiger charge is 2.33. The molecule has 0 aliphatic rings. The summed E-state index contributed by atoms with van der Waals surface area (Å²) in [7, 11) is 0. The van der Waals surface area contributed by atoms with E-state index in [1.807, 2.05) is 13.0 Å². The normalized spacial score (nSPS) is 11.7. The molecule has 7 heteroatoms. The number of thiophene rings is 1. The highest BCUT2D eigenvalue weighted by molar-refractivity contribution is 9.10. The fourth-order valence-electron chi connectivity index (χ4n) is 1.69. The van der Waals surface area contributed by atoms with Crippen molar-refractivity contribution < 1.29 is 13.2 Å². The molecule has 1 aromatic carbocycles. The second kappa shape index (κ2) is 5.95. The summed E-state index contributed by atoms with van der Waals surface area (Å²) in [6.45, 7) is 2.28. The SMILES string of the molecule is Cc1sc(CNc2ccc(Cl)cc2C(F)(F)F)cc1Br. The molecule has 0 amide bonds.